The Bertz CT molecular complexity index is 1230. The Hall–Kier alpha value is -2.48. The number of carbonyl (C=O) groups excluding carboxylic acids is 1. The number of rotatable bonds is 8. The molecule has 0 spiro atoms. The number of hydrogen-bond donors (Lipinski definition) is 0. The summed E-state index contributed by atoms with van der Waals surface area (Å²) in [6, 6.07) is 17.0. The molecule has 0 saturated carbocycles. The molecule has 4 rings (SSSR count). The summed E-state index contributed by atoms with van der Waals surface area (Å²) in [6.07, 6.45) is 2.34. The number of hydrogen-bond acceptors (Lipinski definition) is 4. The van der Waals surface area contributed by atoms with Gasteiger partial charge in [0, 0.05) is 18.0 Å². The third-order valence-corrected chi connectivity index (χ3v) is 9.27. The smallest absolute Gasteiger partial charge is 0.243 e. The third kappa shape index (κ3) is 5.11. The average molecular weight is 497 g/mol. The van der Waals surface area contributed by atoms with Crippen LogP contribution in [-0.4, -0.2) is 43.2 Å². The summed E-state index contributed by atoms with van der Waals surface area (Å²) < 4.78 is 28.3. The van der Waals surface area contributed by atoms with Crippen LogP contribution in [0.25, 0.3) is 0 Å². The van der Waals surface area contributed by atoms with Gasteiger partial charge in [0.15, 0.2) is 0 Å². The van der Waals surface area contributed by atoms with Crippen LogP contribution in [0.4, 0.5) is 0 Å². The van der Waals surface area contributed by atoms with Crippen molar-refractivity contribution in [1.82, 2.24) is 9.21 Å². The van der Waals surface area contributed by atoms with Crippen LogP contribution in [0.2, 0.25) is 0 Å². The highest BCUT2D eigenvalue weighted by Crippen LogP contribution is 2.38. The van der Waals surface area contributed by atoms with Crippen LogP contribution in [0.3, 0.4) is 0 Å². The Kier molecular flexibility index (Phi) is 7.55. The van der Waals surface area contributed by atoms with E-state index in [4.69, 9.17) is 0 Å². The molecule has 0 aliphatic carbocycles. The fraction of sp³-hybridized carbons (Fsp3) is 0.370. The minimum absolute atomic E-state index is 0.155. The second-order valence-electron chi connectivity index (χ2n) is 8.95. The first-order valence-electron chi connectivity index (χ1n) is 11.8. The molecule has 1 aliphatic heterocycles. The molecule has 1 unspecified atom stereocenters. The molecule has 2 aromatic carbocycles. The van der Waals surface area contributed by atoms with Gasteiger partial charge in [0.2, 0.25) is 15.9 Å². The number of sulfonamides is 1. The highest BCUT2D eigenvalue weighted by atomic mass is 32.2. The van der Waals surface area contributed by atoms with Crippen molar-refractivity contribution in [3.05, 3.63) is 87.1 Å². The molecule has 5 nitrogen and oxygen atoms in total. The second kappa shape index (κ2) is 10.4. The first kappa shape index (κ1) is 24.6. The fourth-order valence-electron chi connectivity index (χ4n) is 4.41. The first-order chi connectivity index (χ1) is 16.3. The predicted molar refractivity (Wildman–Crippen MR) is 138 cm³/mol. The predicted octanol–water partition coefficient (Wildman–Crippen LogP) is 5.33. The van der Waals surface area contributed by atoms with E-state index >= 15 is 0 Å². The molecule has 0 N–H and O–H groups in total. The SMILES string of the molecule is CCCCN(CC(=O)N1CCc2sccc2C1c1ccc(C)cc1)S(=O)(=O)c1ccc(C)cc1. The molecule has 0 bridgehead atoms. The van der Waals surface area contributed by atoms with Crippen LogP contribution in [-0.2, 0) is 21.2 Å². The van der Waals surface area contributed by atoms with E-state index in [0.717, 1.165) is 35.1 Å². The second-order valence-corrected chi connectivity index (χ2v) is 11.9. The maximum Gasteiger partial charge on any atom is 0.243 e. The zero-order valence-corrected chi connectivity index (χ0v) is 21.7. The molecule has 2 heterocycles. The van der Waals surface area contributed by atoms with Crippen LogP contribution in [0.15, 0.2) is 64.9 Å². The van der Waals surface area contributed by atoms with Crippen molar-refractivity contribution in [2.45, 2.75) is 51.0 Å². The Morgan fingerprint density at radius 2 is 1.68 bits per heavy atom. The summed E-state index contributed by atoms with van der Waals surface area (Å²) in [5, 5.41) is 2.08. The Morgan fingerprint density at radius 1 is 1.03 bits per heavy atom. The van der Waals surface area contributed by atoms with E-state index < -0.39 is 10.0 Å². The molecule has 0 fully saturated rings. The number of nitrogens with zero attached hydrogens (tertiary/aromatic N) is 2. The van der Waals surface area contributed by atoms with Crippen molar-refractivity contribution in [2.24, 2.45) is 0 Å². The monoisotopic (exact) mass is 496 g/mol. The number of aryl methyl sites for hydroxylation is 2. The van der Waals surface area contributed by atoms with E-state index in [-0.39, 0.29) is 23.4 Å². The molecule has 1 aromatic heterocycles. The molecule has 1 amide bonds. The minimum Gasteiger partial charge on any atom is -0.330 e. The van der Waals surface area contributed by atoms with Crippen molar-refractivity contribution < 1.29 is 13.2 Å². The Balaban J connectivity index is 1.64. The van der Waals surface area contributed by atoms with Gasteiger partial charge in [-0.25, -0.2) is 8.42 Å². The van der Waals surface area contributed by atoms with E-state index in [1.165, 1.54) is 9.18 Å². The lowest BCUT2D eigenvalue weighted by Crippen LogP contribution is -2.47. The topological polar surface area (TPSA) is 57.7 Å². The molecule has 0 saturated heterocycles. The van der Waals surface area contributed by atoms with Crippen molar-refractivity contribution in [2.75, 3.05) is 19.6 Å². The first-order valence-corrected chi connectivity index (χ1v) is 14.1. The zero-order valence-electron chi connectivity index (χ0n) is 20.0. The summed E-state index contributed by atoms with van der Waals surface area (Å²) in [4.78, 5) is 17.1. The van der Waals surface area contributed by atoms with E-state index in [2.05, 4.69) is 35.7 Å². The standard InChI is InChI=1S/C27H32N2O3S2/c1-4-5-16-28(34(31,32)23-12-8-21(3)9-13-23)19-26(30)29-17-14-25-24(15-18-33-25)27(29)22-10-6-20(2)7-11-22/h6-13,15,18,27H,4-5,14,16-17,19H2,1-3H3. The van der Waals surface area contributed by atoms with E-state index in [1.807, 2.05) is 25.7 Å². The van der Waals surface area contributed by atoms with Gasteiger partial charge in [-0.15, -0.1) is 11.3 Å². The van der Waals surface area contributed by atoms with Gasteiger partial charge in [0.1, 0.15) is 0 Å². The lowest BCUT2D eigenvalue weighted by Gasteiger charge is -2.37. The zero-order chi connectivity index (χ0) is 24.3. The van der Waals surface area contributed by atoms with Crippen molar-refractivity contribution in [3.63, 3.8) is 0 Å². The van der Waals surface area contributed by atoms with E-state index in [0.29, 0.717) is 19.5 Å². The summed E-state index contributed by atoms with van der Waals surface area (Å²) in [5.41, 5.74) is 4.36. The normalized spacial score (nSPS) is 16.0. The molecule has 7 heteroatoms. The molecule has 34 heavy (non-hydrogen) atoms. The van der Waals surface area contributed by atoms with Gasteiger partial charge in [0.25, 0.3) is 0 Å². The van der Waals surface area contributed by atoms with Gasteiger partial charge in [0.05, 0.1) is 17.5 Å². The van der Waals surface area contributed by atoms with Crippen molar-refractivity contribution in [1.29, 1.82) is 0 Å². The van der Waals surface area contributed by atoms with Crippen LogP contribution in [0, 0.1) is 13.8 Å². The number of carbonyl (C=O) groups is 1. The third-order valence-electron chi connectivity index (χ3n) is 6.41. The molecular formula is C27H32N2O3S2. The highest BCUT2D eigenvalue weighted by molar-refractivity contribution is 7.89. The van der Waals surface area contributed by atoms with Crippen LogP contribution >= 0.6 is 11.3 Å². The Morgan fingerprint density at radius 3 is 2.32 bits per heavy atom. The van der Waals surface area contributed by atoms with Crippen LogP contribution in [0.5, 0.6) is 0 Å². The van der Waals surface area contributed by atoms with Crippen molar-refractivity contribution in [3.8, 4) is 0 Å². The number of fused-ring (bicyclic) bond motifs is 1. The fourth-order valence-corrected chi connectivity index (χ4v) is 6.74. The van der Waals surface area contributed by atoms with Gasteiger partial charge in [-0.3, -0.25) is 4.79 Å². The molecular weight excluding hydrogens is 464 g/mol. The van der Waals surface area contributed by atoms with Crippen LogP contribution < -0.4 is 0 Å². The summed E-state index contributed by atoms with van der Waals surface area (Å²) in [6.45, 7) is 6.75. The van der Waals surface area contributed by atoms with Crippen LogP contribution in [0.1, 0.15) is 52.9 Å². The Labute approximate surface area is 207 Å². The lowest BCUT2D eigenvalue weighted by molar-refractivity contribution is -0.133. The average Bonchev–Trinajstić information content (AvgIpc) is 3.31. The summed E-state index contributed by atoms with van der Waals surface area (Å²) >= 11 is 1.72. The molecule has 1 aliphatic rings. The number of benzene rings is 2. The number of amides is 1. The number of unbranched alkanes of at least 4 members (excludes halogenated alkanes) is 1. The van der Waals surface area contributed by atoms with E-state index in [1.54, 1.807) is 35.6 Å². The summed E-state index contributed by atoms with van der Waals surface area (Å²) in [7, 11) is -3.77. The minimum atomic E-state index is -3.77. The van der Waals surface area contributed by atoms with Gasteiger partial charge < -0.3 is 4.90 Å². The lowest BCUT2D eigenvalue weighted by atomic mass is 9.92. The maximum atomic E-state index is 13.7. The molecule has 180 valence electrons. The van der Waals surface area contributed by atoms with Gasteiger partial charge in [-0.05, 0) is 61.4 Å². The molecule has 1 atom stereocenters. The largest absolute Gasteiger partial charge is 0.330 e. The van der Waals surface area contributed by atoms with Gasteiger partial charge >= 0.3 is 0 Å². The van der Waals surface area contributed by atoms with Gasteiger partial charge in [-0.2, -0.15) is 4.31 Å². The molecule has 3 aromatic rings. The van der Waals surface area contributed by atoms with E-state index in [9.17, 15) is 13.2 Å². The van der Waals surface area contributed by atoms with Gasteiger partial charge in [-0.1, -0.05) is 60.9 Å². The molecule has 0 radical (unpaired) electrons. The summed E-state index contributed by atoms with van der Waals surface area (Å²) in [5.74, 6) is -0.158. The van der Waals surface area contributed by atoms with Crippen molar-refractivity contribution >= 4 is 27.3 Å². The number of thiophene rings is 1. The maximum absolute atomic E-state index is 13.7. The highest BCUT2D eigenvalue weighted by Gasteiger charge is 2.35. The quantitative estimate of drug-likeness (QED) is 0.424.